The van der Waals surface area contributed by atoms with Crippen molar-refractivity contribution >= 4 is 31.8 Å². The molecular formula is C15H22ClN5O3S. The van der Waals surface area contributed by atoms with Gasteiger partial charge in [0.25, 0.3) is 0 Å². The number of aromatic nitrogens is 2. The van der Waals surface area contributed by atoms with E-state index in [2.05, 4.69) is 14.7 Å². The van der Waals surface area contributed by atoms with Crippen LogP contribution in [0.2, 0.25) is 0 Å². The molecule has 8 nitrogen and oxygen atoms in total. The van der Waals surface area contributed by atoms with Crippen molar-refractivity contribution < 1.29 is 13.7 Å². The van der Waals surface area contributed by atoms with Gasteiger partial charge in [0, 0.05) is 21.0 Å². The zero-order chi connectivity index (χ0) is 18.8. The van der Waals surface area contributed by atoms with Crippen molar-refractivity contribution in [1.29, 1.82) is 0 Å². The Morgan fingerprint density at radius 1 is 1.24 bits per heavy atom. The van der Waals surface area contributed by atoms with Crippen LogP contribution in [0.3, 0.4) is 0 Å². The number of methoxy groups -OCH3 is 1. The maximum absolute atomic E-state index is 12.6. The largest absolute Gasteiger partial charge is 0.495 e. The van der Waals surface area contributed by atoms with Crippen molar-refractivity contribution in [2.45, 2.75) is 24.7 Å². The monoisotopic (exact) mass is 387 g/mol. The number of nitrogen functional groups attached to an aromatic ring is 2. The van der Waals surface area contributed by atoms with Gasteiger partial charge in [-0.1, -0.05) is 13.8 Å². The van der Waals surface area contributed by atoms with Crippen LogP contribution in [0.15, 0.2) is 23.2 Å². The molecule has 2 aromatic rings. The predicted octanol–water partition coefficient (Wildman–Crippen LogP) is 2.23. The highest BCUT2D eigenvalue weighted by Crippen LogP contribution is 2.41. The van der Waals surface area contributed by atoms with Gasteiger partial charge in [0.15, 0.2) is 11.6 Å². The summed E-state index contributed by atoms with van der Waals surface area (Å²) in [6, 6.07) is 3.32. The highest BCUT2D eigenvalue weighted by Gasteiger charge is 2.23. The van der Waals surface area contributed by atoms with E-state index in [9.17, 15) is 4.21 Å². The molecule has 138 valence electrons. The smallest absolute Gasteiger partial charge is 0.222 e. The highest BCUT2D eigenvalue weighted by molar-refractivity contribution is 8.22. The van der Waals surface area contributed by atoms with Gasteiger partial charge in [0.1, 0.15) is 11.5 Å². The minimum Gasteiger partial charge on any atom is -0.495 e. The quantitative estimate of drug-likeness (QED) is 0.442. The van der Waals surface area contributed by atoms with Gasteiger partial charge in [0.2, 0.25) is 5.95 Å². The lowest BCUT2D eigenvalue weighted by molar-refractivity contribution is 0.399. The molecule has 0 spiro atoms. The van der Waals surface area contributed by atoms with Gasteiger partial charge in [0.05, 0.1) is 18.2 Å². The second kappa shape index (κ2) is 7.42. The summed E-state index contributed by atoms with van der Waals surface area (Å²) < 4.78 is 26.4. The summed E-state index contributed by atoms with van der Waals surface area (Å²) >= 11 is 0. The van der Waals surface area contributed by atoms with E-state index in [0.29, 0.717) is 16.4 Å². The molecule has 25 heavy (non-hydrogen) atoms. The molecule has 0 saturated carbocycles. The van der Waals surface area contributed by atoms with E-state index in [-0.39, 0.29) is 23.4 Å². The molecule has 0 saturated heterocycles. The zero-order valence-corrected chi connectivity index (χ0v) is 16.1. The second-order valence-electron chi connectivity index (χ2n) is 5.55. The number of nitrogens with zero attached hydrogens (tertiary/aromatic N) is 2. The number of anilines is 2. The summed E-state index contributed by atoms with van der Waals surface area (Å²) in [6.45, 7) is 3.98. The van der Waals surface area contributed by atoms with Crippen LogP contribution in [-0.4, -0.2) is 28.3 Å². The van der Waals surface area contributed by atoms with Gasteiger partial charge in [-0.15, -0.1) is 0 Å². The third kappa shape index (κ3) is 4.12. The summed E-state index contributed by atoms with van der Waals surface area (Å²) in [5.74, 6) is 1.32. The SMILES string of the molecule is CN[SH](=O)(Cl)c1cc(Oc2cnc(N)nc2N)c(C(C)C)cc1OC. The Morgan fingerprint density at radius 2 is 1.92 bits per heavy atom. The van der Waals surface area contributed by atoms with E-state index in [1.807, 2.05) is 13.8 Å². The van der Waals surface area contributed by atoms with Gasteiger partial charge >= 0.3 is 0 Å². The highest BCUT2D eigenvalue weighted by atomic mass is 35.7. The fourth-order valence-corrected chi connectivity index (χ4v) is 3.57. The zero-order valence-electron chi connectivity index (χ0n) is 14.4. The molecule has 5 N–H and O–H groups in total. The number of halogens is 1. The van der Waals surface area contributed by atoms with E-state index in [1.165, 1.54) is 20.4 Å². The van der Waals surface area contributed by atoms with Crippen LogP contribution in [-0.2, 0) is 9.33 Å². The summed E-state index contributed by atoms with van der Waals surface area (Å²) in [5.41, 5.74) is 12.2. The molecule has 10 heteroatoms. The van der Waals surface area contributed by atoms with Crippen LogP contribution in [0.5, 0.6) is 17.2 Å². The van der Waals surface area contributed by atoms with Gasteiger partial charge in [-0.2, -0.15) is 4.98 Å². The van der Waals surface area contributed by atoms with E-state index < -0.39 is 9.33 Å². The third-order valence-electron chi connectivity index (χ3n) is 3.55. The molecule has 0 amide bonds. The van der Waals surface area contributed by atoms with Crippen LogP contribution in [0.4, 0.5) is 11.8 Å². The first-order chi connectivity index (χ1) is 11.7. The number of nitrogens with one attached hydrogen (secondary N) is 1. The molecule has 1 aromatic heterocycles. The lowest BCUT2D eigenvalue weighted by Crippen LogP contribution is -2.22. The van der Waals surface area contributed by atoms with Gasteiger partial charge in [-0.3, -0.25) is 4.21 Å². The summed E-state index contributed by atoms with van der Waals surface area (Å²) in [4.78, 5) is 8.04. The lowest BCUT2D eigenvalue weighted by atomic mass is 10.0. The Kier molecular flexibility index (Phi) is 5.71. The van der Waals surface area contributed by atoms with Crippen LogP contribution >= 0.6 is 10.7 Å². The molecule has 0 atom stereocenters. The van der Waals surface area contributed by atoms with E-state index in [0.717, 1.165) is 5.56 Å². The molecule has 0 bridgehead atoms. The summed E-state index contributed by atoms with van der Waals surface area (Å²) in [6.07, 6.45) is 1.38. The number of hydrogen-bond acceptors (Lipinski definition) is 7. The standard InChI is InChI=1S/C15H22ClN5O3S/c1-8(2)9-5-11(23-4)13(25(16,22)19-3)6-10(9)24-12-7-20-15(18)21-14(12)17/h5-8,25H,1-4H3,(H,19,22)(H4,17,18,20,21). The van der Waals surface area contributed by atoms with Crippen LogP contribution in [0.25, 0.3) is 0 Å². The fourth-order valence-electron chi connectivity index (χ4n) is 2.21. The van der Waals surface area contributed by atoms with Crippen molar-refractivity contribution in [3.63, 3.8) is 0 Å². The molecule has 1 heterocycles. The van der Waals surface area contributed by atoms with Crippen molar-refractivity contribution in [2.75, 3.05) is 25.6 Å². The Labute approximate surface area is 151 Å². The second-order valence-corrected chi connectivity index (χ2v) is 8.97. The molecule has 0 unspecified atom stereocenters. The molecule has 0 fully saturated rings. The van der Waals surface area contributed by atoms with Crippen molar-refractivity contribution in [1.82, 2.24) is 14.7 Å². The maximum atomic E-state index is 12.6. The number of benzene rings is 1. The average molecular weight is 388 g/mol. The van der Waals surface area contributed by atoms with Gasteiger partial charge in [-0.25, -0.2) is 9.71 Å². The fraction of sp³-hybridized carbons (Fsp3) is 0.333. The molecule has 0 radical (unpaired) electrons. The number of hydrogen-bond donors (Lipinski definition) is 4. The first-order valence-corrected chi connectivity index (χ1v) is 10.1. The lowest BCUT2D eigenvalue weighted by Gasteiger charge is -2.22. The van der Waals surface area contributed by atoms with Crippen molar-refractivity contribution in [2.24, 2.45) is 0 Å². The number of ether oxygens (including phenoxy) is 2. The molecule has 2 rings (SSSR count). The maximum Gasteiger partial charge on any atom is 0.222 e. The topological polar surface area (TPSA) is 125 Å². The molecule has 0 aliphatic heterocycles. The van der Waals surface area contributed by atoms with Gasteiger partial charge in [-0.05, 0) is 29.7 Å². The number of rotatable bonds is 6. The van der Waals surface area contributed by atoms with Crippen LogP contribution < -0.4 is 25.7 Å². The normalized spacial score (nSPS) is 12.2. The molecule has 0 aliphatic carbocycles. The molecule has 0 aliphatic rings. The van der Waals surface area contributed by atoms with Gasteiger partial charge < -0.3 is 20.9 Å². The van der Waals surface area contributed by atoms with E-state index in [4.69, 9.17) is 31.6 Å². The number of nitrogens with two attached hydrogens (primary N) is 2. The predicted molar refractivity (Wildman–Crippen MR) is 101 cm³/mol. The van der Waals surface area contributed by atoms with E-state index >= 15 is 0 Å². The Balaban J connectivity index is 2.62. The first-order valence-electron chi connectivity index (χ1n) is 7.46. The Hall–Kier alpha value is -2.10. The Bertz CT molecular complexity index is 831. The third-order valence-corrected chi connectivity index (χ3v) is 6.15. The first kappa shape index (κ1) is 19.2. The average Bonchev–Trinajstić information content (AvgIpc) is 2.56. The van der Waals surface area contributed by atoms with Crippen LogP contribution in [0, 0.1) is 0 Å². The molecule has 1 aromatic carbocycles. The van der Waals surface area contributed by atoms with Crippen molar-refractivity contribution in [3.05, 3.63) is 23.9 Å². The summed E-state index contributed by atoms with van der Waals surface area (Å²) in [5, 5.41) is 0. The van der Waals surface area contributed by atoms with Crippen LogP contribution in [0.1, 0.15) is 25.3 Å². The minimum atomic E-state index is -3.35. The Morgan fingerprint density at radius 3 is 2.44 bits per heavy atom. The van der Waals surface area contributed by atoms with Crippen molar-refractivity contribution in [3.8, 4) is 17.2 Å². The minimum absolute atomic E-state index is 0.0461. The molecular weight excluding hydrogens is 366 g/mol. The number of thiol groups is 1. The van der Waals surface area contributed by atoms with E-state index in [1.54, 1.807) is 12.1 Å². The summed E-state index contributed by atoms with van der Waals surface area (Å²) in [7, 11) is 5.78.